The van der Waals surface area contributed by atoms with Crippen molar-refractivity contribution in [1.29, 1.82) is 0 Å². The SMILES string of the molecule is Cc1nnc(CN2CCCN(C(=O)CCc3ccnn3C)CC2)s1. The maximum atomic E-state index is 12.5. The van der Waals surface area contributed by atoms with E-state index in [0.29, 0.717) is 6.42 Å². The van der Waals surface area contributed by atoms with Gasteiger partial charge in [0.1, 0.15) is 10.0 Å². The third-order valence-corrected chi connectivity index (χ3v) is 5.21. The molecule has 0 radical (unpaired) electrons. The minimum Gasteiger partial charge on any atom is -0.341 e. The molecule has 7 nitrogen and oxygen atoms in total. The van der Waals surface area contributed by atoms with E-state index in [4.69, 9.17) is 0 Å². The third kappa shape index (κ3) is 4.39. The number of aryl methyl sites for hydroxylation is 3. The molecule has 1 saturated heterocycles. The van der Waals surface area contributed by atoms with Crippen molar-refractivity contribution in [3.63, 3.8) is 0 Å². The van der Waals surface area contributed by atoms with E-state index in [9.17, 15) is 4.79 Å². The smallest absolute Gasteiger partial charge is 0.223 e. The number of aromatic nitrogens is 4. The molecular weight excluding hydrogens is 324 g/mol. The average Bonchev–Trinajstić information content (AvgIpc) is 3.07. The molecule has 2 aromatic heterocycles. The van der Waals surface area contributed by atoms with E-state index in [1.54, 1.807) is 17.5 Å². The first-order chi connectivity index (χ1) is 11.6. The van der Waals surface area contributed by atoms with E-state index in [1.807, 2.05) is 29.6 Å². The average molecular weight is 348 g/mol. The van der Waals surface area contributed by atoms with Crippen LogP contribution in [0, 0.1) is 6.92 Å². The number of rotatable bonds is 5. The molecule has 1 amide bonds. The number of hydrogen-bond donors (Lipinski definition) is 0. The maximum Gasteiger partial charge on any atom is 0.223 e. The van der Waals surface area contributed by atoms with Gasteiger partial charge in [0.05, 0.1) is 6.54 Å². The van der Waals surface area contributed by atoms with Crippen LogP contribution in [0.5, 0.6) is 0 Å². The van der Waals surface area contributed by atoms with Gasteiger partial charge in [-0.1, -0.05) is 0 Å². The van der Waals surface area contributed by atoms with Gasteiger partial charge in [-0.2, -0.15) is 5.10 Å². The highest BCUT2D eigenvalue weighted by molar-refractivity contribution is 7.11. The van der Waals surface area contributed by atoms with Crippen LogP contribution < -0.4 is 0 Å². The zero-order valence-corrected chi connectivity index (χ0v) is 15.1. The molecule has 2 aromatic rings. The van der Waals surface area contributed by atoms with Gasteiger partial charge in [-0.25, -0.2) is 0 Å². The summed E-state index contributed by atoms with van der Waals surface area (Å²) in [6.07, 6.45) is 4.09. The van der Waals surface area contributed by atoms with Crippen LogP contribution in [0.3, 0.4) is 0 Å². The molecule has 1 aliphatic heterocycles. The van der Waals surface area contributed by atoms with Gasteiger partial charge in [0.2, 0.25) is 5.91 Å². The molecule has 0 N–H and O–H groups in total. The molecule has 3 heterocycles. The number of hydrogen-bond acceptors (Lipinski definition) is 6. The van der Waals surface area contributed by atoms with Gasteiger partial charge in [-0.15, -0.1) is 21.5 Å². The van der Waals surface area contributed by atoms with E-state index in [0.717, 1.165) is 61.3 Å². The van der Waals surface area contributed by atoms with Crippen LogP contribution in [-0.4, -0.2) is 61.9 Å². The monoisotopic (exact) mass is 348 g/mol. The van der Waals surface area contributed by atoms with Gasteiger partial charge in [0.15, 0.2) is 0 Å². The van der Waals surface area contributed by atoms with E-state index in [-0.39, 0.29) is 5.91 Å². The van der Waals surface area contributed by atoms with Gasteiger partial charge in [0.25, 0.3) is 0 Å². The fraction of sp³-hybridized carbons (Fsp3) is 0.625. The minimum absolute atomic E-state index is 0.241. The van der Waals surface area contributed by atoms with Crippen molar-refractivity contribution in [2.75, 3.05) is 26.2 Å². The summed E-state index contributed by atoms with van der Waals surface area (Å²) in [5.41, 5.74) is 1.10. The van der Waals surface area contributed by atoms with Crippen molar-refractivity contribution in [2.45, 2.75) is 32.7 Å². The molecule has 1 aliphatic rings. The van der Waals surface area contributed by atoms with Crippen molar-refractivity contribution in [3.05, 3.63) is 28.0 Å². The van der Waals surface area contributed by atoms with Gasteiger partial charge >= 0.3 is 0 Å². The summed E-state index contributed by atoms with van der Waals surface area (Å²) < 4.78 is 1.83. The van der Waals surface area contributed by atoms with Crippen LogP contribution in [0.1, 0.15) is 28.6 Å². The molecule has 0 aliphatic carbocycles. The molecular formula is C16H24N6OS. The Balaban J connectivity index is 1.47. The summed E-state index contributed by atoms with van der Waals surface area (Å²) in [5.74, 6) is 0.241. The second-order valence-electron chi connectivity index (χ2n) is 6.17. The Bertz CT molecular complexity index is 682. The first-order valence-electron chi connectivity index (χ1n) is 8.38. The molecule has 130 valence electrons. The lowest BCUT2D eigenvalue weighted by Crippen LogP contribution is -2.35. The van der Waals surface area contributed by atoms with Crippen LogP contribution in [0.15, 0.2) is 12.3 Å². The maximum absolute atomic E-state index is 12.5. The highest BCUT2D eigenvalue weighted by Crippen LogP contribution is 2.14. The van der Waals surface area contributed by atoms with Crippen molar-refractivity contribution in [3.8, 4) is 0 Å². The van der Waals surface area contributed by atoms with Crippen LogP contribution >= 0.6 is 11.3 Å². The number of carbonyl (C=O) groups is 1. The van der Waals surface area contributed by atoms with Gasteiger partial charge in [-0.3, -0.25) is 14.4 Å². The fourth-order valence-electron chi connectivity index (χ4n) is 3.01. The zero-order valence-electron chi connectivity index (χ0n) is 14.3. The normalized spacial score (nSPS) is 16.3. The Morgan fingerprint density at radius 2 is 2.12 bits per heavy atom. The Morgan fingerprint density at radius 1 is 1.25 bits per heavy atom. The summed E-state index contributed by atoms with van der Waals surface area (Å²) in [6.45, 7) is 6.35. The molecule has 0 unspecified atom stereocenters. The Labute approximate surface area is 146 Å². The van der Waals surface area contributed by atoms with Gasteiger partial charge in [-0.05, 0) is 25.8 Å². The fourth-order valence-corrected chi connectivity index (χ4v) is 3.76. The van der Waals surface area contributed by atoms with E-state index in [2.05, 4.69) is 20.2 Å². The molecule has 8 heteroatoms. The quantitative estimate of drug-likeness (QED) is 0.813. The predicted molar refractivity (Wildman–Crippen MR) is 92.6 cm³/mol. The Morgan fingerprint density at radius 3 is 2.83 bits per heavy atom. The Hall–Kier alpha value is -1.80. The summed E-state index contributed by atoms with van der Waals surface area (Å²) in [6, 6.07) is 1.97. The second-order valence-corrected chi connectivity index (χ2v) is 7.44. The van der Waals surface area contributed by atoms with E-state index in [1.165, 1.54) is 0 Å². The Kier molecular flexibility index (Phi) is 5.57. The second kappa shape index (κ2) is 7.85. The standard InChI is InChI=1S/C16H24N6OS/c1-13-18-19-15(24-13)12-21-8-3-9-22(11-10-21)16(23)5-4-14-6-7-17-20(14)2/h6-7H,3-5,8-12H2,1-2H3. The molecule has 3 rings (SSSR count). The number of amides is 1. The largest absolute Gasteiger partial charge is 0.341 e. The third-order valence-electron chi connectivity index (χ3n) is 4.39. The minimum atomic E-state index is 0.241. The zero-order chi connectivity index (χ0) is 16.9. The van der Waals surface area contributed by atoms with Crippen molar-refractivity contribution >= 4 is 17.2 Å². The van der Waals surface area contributed by atoms with Crippen molar-refractivity contribution in [1.82, 2.24) is 29.8 Å². The lowest BCUT2D eigenvalue weighted by molar-refractivity contribution is -0.131. The molecule has 1 fully saturated rings. The first kappa shape index (κ1) is 17.0. The lowest BCUT2D eigenvalue weighted by atomic mass is 10.2. The summed E-state index contributed by atoms with van der Waals surface area (Å²) in [7, 11) is 1.92. The summed E-state index contributed by atoms with van der Waals surface area (Å²) in [4.78, 5) is 16.9. The predicted octanol–water partition coefficient (Wildman–Crippen LogP) is 1.25. The molecule has 0 aromatic carbocycles. The number of nitrogens with zero attached hydrogens (tertiary/aromatic N) is 6. The van der Waals surface area contributed by atoms with Crippen LogP contribution in [0.2, 0.25) is 0 Å². The van der Waals surface area contributed by atoms with Crippen LogP contribution in [-0.2, 0) is 24.8 Å². The van der Waals surface area contributed by atoms with Gasteiger partial charge < -0.3 is 4.90 Å². The molecule has 0 spiro atoms. The van der Waals surface area contributed by atoms with Crippen LogP contribution in [0.25, 0.3) is 0 Å². The molecule has 24 heavy (non-hydrogen) atoms. The van der Waals surface area contributed by atoms with E-state index < -0.39 is 0 Å². The number of carbonyl (C=O) groups excluding carboxylic acids is 1. The highest BCUT2D eigenvalue weighted by atomic mass is 32.1. The van der Waals surface area contributed by atoms with Crippen LogP contribution in [0.4, 0.5) is 0 Å². The molecule has 0 saturated carbocycles. The van der Waals surface area contributed by atoms with Crippen molar-refractivity contribution in [2.24, 2.45) is 7.05 Å². The first-order valence-corrected chi connectivity index (χ1v) is 9.19. The lowest BCUT2D eigenvalue weighted by Gasteiger charge is -2.21. The summed E-state index contributed by atoms with van der Waals surface area (Å²) in [5, 5.41) is 14.5. The van der Waals surface area contributed by atoms with Gasteiger partial charge in [0, 0.05) is 51.5 Å². The van der Waals surface area contributed by atoms with Crippen molar-refractivity contribution < 1.29 is 4.79 Å². The molecule has 0 atom stereocenters. The van der Waals surface area contributed by atoms with E-state index >= 15 is 0 Å². The topological polar surface area (TPSA) is 67.2 Å². The highest BCUT2D eigenvalue weighted by Gasteiger charge is 2.20. The molecule has 0 bridgehead atoms. The summed E-state index contributed by atoms with van der Waals surface area (Å²) >= 11 is 1.65.